The number of aryl methyl sites for hydroxylation is 1. The van der Waals surface area contributed by atoms with Crippen LogP contribution in [0, 0.1) is 0 Å². The highest BCUT2D eigenvalue weighted by atomic mass is 16.5. The Morgan fingerprint density at radius 1 is 1.27 bits per heavy atom. The second-order valence-corrected chi connectivity index (χ2v) is 5.35. The Morgan fingerprint density at radius 2 is 2.05 bits per heavy atom. The van der Waals surface area contributed by atoms with Crippen LogP contribution in [0.15, 0.2) is 24.3 Å². The van der Waals surface area contributed by atoms with Gasteiger partial charge in [0.25, 0.3) is 5.91 Å². The molecule has 1 aromatic heterocycles. The maximum absolute atomic E-state index is 12.1. The quantitative estimate of drug-likeness (QED) is 0.917. The van der Waals surface area contributed by atoms with E-state index in [0.29, 0.717) is 17.5 Å². The Labute approximate surface area is 129 Å². The first kappa shape index (κ1) is 14.4. The van der Waals surface area contributed by atoms with E-state index in [1.165, 1.54) is 0 Å². The molecule has 0 unspecified atom stereocenters. The fourth-order valence-electron chi connectivity index (χ4n) is 2.33. The van der Waals surface area contributed by atoms with Gasteiger partial charge in [-0.05, 0) is 37.1 Å². The van der Waals surface area contributed by atoms with Gasteiger partial charge in [-0.25, -0.2) is 0 Å². The monoisotopic (exact) mass is 301 g/mol. The van der Waals surface area contributed by atoms with Crippen LogP contribution in [0.5, 0.6) is 11.5 Å². The van der Waals surface area contributed by atoms with E-state index in [-0.39, 0.29) is 5.91 Å². The summed E-state index contributed by atoms with van der Waals surface area (Å²) in [6.07, 6.45) is 2.10. The van der Waals surface area contributed by atoms with Crippen LogP contribution in [0.3, 0.4) is 0 Å². The zero-order valence-electron chi connectivity index (χ0n) is 12.9. The predicted octanol–water partition coefficient (Wildman–Crippen LogP) is 2.00. The van der Waals surface area contributed by atoms with E-state index in [1.54, 1.807) is 25.0 Å². The Morgan fingerprint density at radius 3 is 2.68 bits per heavy atom. The molecule has 0 radical (unpaired) electrons. The van der Waals surface area contributed by atoms with Gasteiger partial charge in [0.2, 0.25) is 0 Å². The molecule has 2 aromatic rings. The van der Waals surface area contributed by atoms with E-state index in [2.05, 4.69) is 10.4 Å². The summed E-state index contributed by atoms with van der Waals surface area (Å²) in [4.78, 5) is 12.1. The highest BCUT2D eigenvalue weighted by Gasteiger charge is 2.25. The minimum Gasteiger partial charge on any atom is -0.497 e. The van der Waals surface area contributed by atoms with Gasteiger partial charge < -0.3 is 14.8 Å². The number of benzene rings is 1. The maximum Gasteiger partial charge on any atom is 0.272 e. The van der Waals surface area contributed by atoms with Gasteiger partial charge in [-0.1, -0.05) is 0 Å². The van der Waals surface area contributed by atoms with Crippen LogP contribution in [-0.4, -0.2) is 35.9 Å². The number of nitrogens with zero attached hydrogens (tertiary/aromatic N) is 2. The van der Waals surface area contributed by atoms with Gasteiger partial charge in [0.15, 0.2) is 5.69 Å². The lowest BCUT2D eigenvalue weighted by Crippen LogP contribution is -2.25. The van der Waals surface area contributed by atoms with Crippen LogP contribution in [0.25, 0.3) is 11.3 Å². The molecule has 6 nitrogen and oxygen atoms in total. The van der Waals surface area contributed by atoms with Gasteiger partial charge in [0.1, 0.15) is 11.5 Å². The molecule has 1 amide bonds. The molecule has 0 saturated heterocycles. The third kappa shape index (κ3) is 2.77. The van der Waals surface area contributed by atoms with Crippen LogP contribution < -0.4 is 14.8 Å². The molecule has 3 rings (SSSR count). The molecule has 1 aliphatic carbocycles. The lowest BCUT2D eigenvalue weighted by atomic mass is 10.1. The van der Waals surface area contributed by atoms with Crippen molar-refractivity contribution in [1.29, 1.82) is 0 Å². The minimum atomic E-state index is -0.133. The van der Waals surface area contributed by atoms with Gasteiger partial charge in [-0.3, -0.25) is 9.48 Å². The van der Waals surface area contributed by atoms with Gasteiger partial charge in [0, 0.05) is 18.7 Å². The predicted molar refractivity (Wildman–Crippen MR) is 82.2 cm³/mol. The summed E-state index contributed by atoms with van der Waals surface area (Å²) >= 11 is 0. The fraction of sp³-hybridized carbons (Fsp3) is 0.375. The lowest BCUT2D eigenvalue weighted by Gasteiger charge is -2.10. The zero-order chi connectivity index (χ0) is 15.7. The summed E-state index contributed by atoms with van der Waals surface area (Å²) in [5.74, 6) is 1.30. The van der Waals surface area contributed by atoms with Crippen LogP contribution in [-0.2, 0) is 7.05 Å². The number of aromatic nitrogens is 2. The number of rotatable bonds is 5. The summed E-state index contributed by atoms with van der Waals surface area (Å²) in [5, 5.41) is 7.25. The number of nitrogens with one attached hydrogen (secondary N) is 1. The molecule has 1 fully saturated rings. The highest BCUT2D eigenvalue weighted by Crippen LogP contribution is 2.33. The number of carbonyl (C=O) groups is 1. The van der Waals surface area contributed by atoms with E-state index in [1.807, 2.05) is 25.2 Å². The molecule has 1 heterocycles. The van der Waals surface area contributed by atoms with Crippen molar-refractivity contribution in [2.75, 3.05) is 14.2 Å². The molecule has 1 aliphatic rings. The summed E-state index contributed by atoms with van der Waals surface area (Å²) in [7, 11) is 5.04. The standard InChI is InChI=1S/C16H19N3O3/c1-19-14(9-13(18-19)16(20)17-10-4-5-10)12-8-11(21-2)6-7-15(12)22-3/h6-10H,4-5H2,1-3H3,(H,17,20). The molecular formula is C16H19N3O3. The number of hydrogen-bond acceptors (Lipinski definition) is 4. The minimum absolute atomic E-state index is 0.133. The van der Waals surface area contributed by atoms with E-state index in [0.717, 1.165) is 29.8 Å². The number of methoxy groups -OCH3 is 2. The highest BCUT2D eigenvalue weighted by molar-refractivity contribution is 5.94. The second-order valence-electron chi connectivity index (χ2n) is 5.35. The van der Waals surface area contributed by atoms with Gasteiger partial charge >= 0.3 is 0 Å². The molecule has 0 bridgehead atoms. The summed E-state index contributed by atoms with van der Waals surface area (Å²) in [6.45, 7) is 0. The number of hydrogen-bond donors (Lipinski definition) is 1. The largest absolute Gasteiger partial charge is 0.497 e. The molecule has 1 aromatic carbocycles. The van der Waals surface area contributed by atoms with Crippen LogP contribution in [0.1, 0.15) is 23.3 Å². The molecule has 22 heavy (non-hydrogen) atoms. The normalized spacial score (nSPS) is 13.8. The molecule has 0 spiro atoms. The second kappa shape index (κ2) is 5.71. The van der Waals surface area contributed by atoms with Crippen molar-refractivity contribution in [3.63, 3.8) is 0 Å². The average Bonchev–Trinajstić information content (AvgIpc) is 3.26. The van der Waals surface area contributed by atoms with Crippen LogP contribution in [0.4, 0.5) is 0 Å². The molecule has 0 aliphatic heterocycles. The van der Waals surface area contributed by atoms with Crippen molar-refractivity contribution in [3.8, 4) is 22.8 Å². The van der Waals surface area contributed by atoms with Crippen molar-refractivity contribution < 1.29 is 14.3 Å². The first-order valence-electron chi connectivity index (χ1n) is 7.19. The van der Waals surface area contributed by atoms with Crippen LogP contribution >= 0.6 is 0 Å². The number of ether oxygens (including phenoxy) is 2. The Balaban J connectivity index is 1.97. The molecule has 0 atom stereocenters. The number of amides is 1. The molecule has 1 saturated carbocycles. The Kier molecular flexibility index (Phi) is 3.75. The summed E-state index contributed by atoms with van der Waals surface area (Å²) in [5.41, 5.74) is 2.05. The van der Waals surface area contributed by atoms with E-state index in [9.17, 15) is 4.79 Å². The summed E-state index contributed by atoms with van der Waals surface area (Å²) < 4.78 is 12.3. The average molecular weight is 301 g/mol. The topological polar surface area (TPSA) is 65.4 Å². The van der Waals surface area contributed by atoms with Crippen molar-refractivity contribution >= 4 is 5.91 Å². The lowest BCUT2D eigenvalue weighted by molar-refractivity contribution is 0.0945. The summed E-state index contributed by atoms with van der Waals surface area (Å²) in [6, 6.07) is 7.63. The third-order valence-electron chi connectivity index (χ3n) is 3.71. The van der Waals surface area contributed by atoms with Crippen molar-refractivity contribution in [2.24, 2.45) is 7.05 Å². The first-order chi connectivity index (χ1) is 10.6. The van der Waals surface area contributed by atoms with Gasteiger partial charge in [-0.2, -0.15) is 5.10 Å². The maximum atomic E-state index is 12.1. The third-order valence-corrected chi connectivity index (χ3v) is 3.71. The van der Waals surface area contributed by atoms with Gasteiger partial charge in [-0.15, -0.1) is 0 Å². The Hall–Kier alpha value is -2.50. The van der Waals surface area contributed by atoms with Crippen molar-refractivity contribution in [2.45, 2.75) is 18.9 Å². The number of carbonyl (C=O) groups excluding carboxylic acids is 1. The smallest absolute Gasteiger partial charge is 0.272 e. The van der Waals surface area contributed by atoms with Gasteiger partial charge in [0.05, 0.1) is 19.9 Å². The van der Waals surface area contributed by atoms with Crippen molar-refractivity contribution in [1.82, 2.24) is 15.1 Å². The molecule has 116 valence electrons. The first-order valence-corrected chi connectivity index (χ1v) is 7.19. The molecule has 1 N–H and O–H groups in total. The van der Waals surface area contributed by atoms with Crippen molar-refractivity contribution in [3.05, 3.63) is 30.0 Å². The van der Waals surface area contributed by atoms with E-state index >= 15 is 0 Å². The Bertz CT molecular complexity index is 705. The molecular weight excluding hydrogens is 282 g/mol. The zero-order valence-corrected chi connectivity index (χ0v) is 12.9. The van der Waals surface area contributed by atoms with E-state index in [4.69, 9.17) is 9.47 Å². The fourth-order valence-corrected chi connectivity index (χ4v) is 2.33. The van der Waals surface area contributed by atoms with Crippen LogP contribution in [0.2, 0.25) is 0 Å². The SMILES string of the molecule is COc1ccc(OC)c(-c2cc(C(=O)NC3CC3)nn2C)c1. The van der Waals surface area contributed by atoms with E-state index < -0.39 is 0 Å². The molecule has 6 heteroatoms.